The van der Waals surface area contributed by atoms with Crippen molar-refractivity contribution in [2.45, 2.75) is 32.4 Å². The molecule has 0 atom stereocenters. The fourth-order valence-corrected chi connectivity index (χ4v) is 4.19. The molecule has 3 heterocycles. The molecule has 24 heavy (non-hydrogen) atoms. The Morgan fingerprint density at radius 1 is 1.21 bits per heavy atom. The summed E-state index contributed by atoms with van der Waals surface area (Å²) in [5, 5.41) is 4.59. The van der Waals surface area contributed by atoms with Gasteiger partial charge in [0.25, 0.3) is 0 Å². The van der Waals surface area contributed by atoms with E-state index in [4.69, 9.17) is 4.42 Å². The van der Waals surface area contributed by atoms with Crippen molar-refractivity contribution in [1.29, 1.82) is 0 Å². The van der Waals surface area contributed by atoms with Crippen molar-refractivity contribution in [3.63, 3.8) is 0 Å². The monoisotopic (exact) mass is 341 g/mol. The molecule has 126 valence electrons. The van der Waals surface area contributed by atoms with Crippen LogP contribution in [0.5, 0.6) is 0 Å². The largest absolute Gasteiger partial charge is 0.457 e. The molecular weight excluding hydrogens is 318 g/mol. The first-order valence-corrected chi connectivity index (χ1v) is 9.54. The number of aromatic nitrogens is 1. The van der Waals surface area contributed by atoms with E-state index in [0.717, 1.165) is 35.1 Å². The molecule has 0 saturated carbocycles. The van der Waals surface area contributed by atoms with Crippen LogP contribution in [0.3, 0.4) is 0 Å². The molecule has 0 spiro atoms. The second-order valence-corrected chi connectivity index (χ2v) is 7.37. The molecule has 4 rings (SSSR count). The van der Waals surface area contributed by atoms with Crippen molar-refractivity contribution in [1.82, 2.24) is 15.2 Å². The van der Waals surface area contributed by atoms with Crippen molar-refractivity contribution in [2.24, 2.45) is 0 Å². The Morgan fingerprint density at radius 2 is 2.04 bits per heavy atom. The number of thiazole rings is 1. The highest BCUT2D eigenvalue weighted by Crippen LogP contribution is 2.31. The first-order valence-electron chi connectivity index (χ1n) is 8.72. The number of nitrogens with one attached hydrogen (secondary N) is 1. The summed E-state index contributed by atoms with van der Waals surface area (Å²) in [5.41, 5.74) is 1.04. The highest BCUT2D eigenvalue weighted by molar-refractivity contribution is 7.21. The van der Waals surface area contributed by atoms with E-state index >= 15 is 0 Å². The number of hydrogen-bond donors (Lipinski definition) is 1. The van der Waals surface area contributed by atoms with Gasteiger partial charge in [0.1, 0.15) is 5.76 Å². The van der Waals surface area contributed by atoms with Gasteiger partial charge in [0.15, 0.2) is 10.8 Å². The average Bonchev–Trinajstić information content (AvgIpc) is 3.27. The van der Waals surface area contributed by atoms with Gasteiger partial charge in [-0.05, 0) is 56.7 Å². The maximum atomic E-state index is 6.01. The van der Waals surface area contributed by atoms with E-state index in [1.165, 1.54) is 30.6 Å². The highest BCUT2D eigenvalue weighted by Gasteiger charge is 2.18. The van der Waals surface area contributed by atoms with Gasteiger partial charge in [0.2, 0.25) is 0 Å². The zero-order valence-corrected chi connectivity index (χ0v) is 14.8. The summed E-state index contributed by atoms with van der Waals surface area (Å²) in [6.07, 6.45) is 2.44. The molecule has 2 aromatic heterocycles. The van der Waals surface area contributed by atoms with Gasteiger partial charge in [-0.1, -0.05) is 19.1 Å². The van der Waals surface area contributed by atoms with Gasteiger partial charge in [-0.3, -0.25) is 0 Å². The van der Waals surface area contributed by atoms with Crippen molar-refractivity contribution >= 4 is 21.6 Å². The van der Waals surface area contributed by atoms with Crippen LogP contribution in [-0.4, -0.2) is 35.6 Å². The molecule has 1 aliphatic rings. The first-order chi connectivity index (χ1) is 11.8. The molecule has 0 radical (unpaired) electrons. The Kier molecular flexibility index (Phi) is 4.65. The predicted octanol–water partition coefficient (Wildman–Crippen LogP) is 4.13. The maximum absolute atomic E-state index is 6.01. The summed E-state index contributed by atoms with van der Waals surface area (Å²) in [6.45, 7) is 6.59. The van der Waals surface area contributed by atoms with Crippen LogP contribution in [0.2, 0.25) is 0 Å². The van der Waals surface area contributed by atoms with Gasteiger partial charge in [-0.25, -0.2) is 4.98 Å². The van der Waals surface area contributed by atoms with Crippen LogP contribution in [-0.2, 0) is 6.54 Å². The van der Waals surface area contributed by atoms with E-state index in [1.807, 2.05) is 24.3 Å². The summed E-state index contributed by atoms with van der Waals surface area (Å²) < 4.78 is 7.21. The Balaban J connectivity index is 1.38. The number of furan rings is 1. The number of likely N-dealkylation sites (tertiary alicyclic amines) is 1. The van der Waals surface area contributed by atoms with Gasteiger partial charge >= 0.3 is 0 Å². The first kappa shape index (κ1) is 15.8. The van der Waals surface area contributed by atoms with E-state index in [1.54, 1.807) is 11.3 Å². The normalized spacial score (nSPS) is 16.9. The third-order valence-electron chi connectivity index (χ3n) is 4.77. The van der Waals surface area contributed by atoms with Gasteiger partial charge in [-0.15, -0.1) is 11.3 Å². The number of nitrogens with zero attached hydrogens (tertiary/aromatic N) is 2. The van der Waals surface area contributed by atoms with Crippen molar-refractivity contribution in [2.75, 3.05) is 19.6 Å². The third kappa shape index (κ3) is 3.38. The van der Waals surface area contributed by atoms with Crippen LogP contribution in [0, 0.1) is 0 Å². The summed E-state index contributed by atoms with van der Waals surface area (Å²) in [7, 11) is 0. The number of rotatable bonds is 5. The van der Waals surface area contributed by atoms with Crippen LogP contribution in [0.4, 0.5) is 0 Å². The third-order valence-corrected chi connectivity index (χ3v) is 5.82. The van der Waals surface area contributed by atoms with E-state index in [-0.39, 0.29) is 0 Å². The Hall–Kier alpha value is -1.69. The second-order valence-electron chi connectivity index (χ2n) is 6.34. The van der Waals surface area contributed by atoms with E-state index in [2.05, 4.69) is 34.3 Å². The fourth-order valence-electron chi connectivity index (χ4n) is 3.26. The van der Waals surface area contributed by atoms with Gasteiger partial charge in [0.05, 0.1) is 16.8 Å². The summed E-state index contributed by atoms with van der Waals surface area (Å²) in [5.74, 6) is 1.86. The average molecular weight is 341 g/mol. The van der Waals surface area contributed by atoms with E-state index < -0.39 is 0 Å². The number of fused-ring (bicyclic) bond motifs is 1. The van der Waals surface area contributed by atoms with Crippen molar-refractivity contribution in [3.05, 3.63) is 42.2 Å². The molecule has 1 aliphatic heterocycles. The molecule has 1 saturated heterocycles. The molecule has 1 aromatic carbocycles. The lowest BCUT2D eigenvalue weighted by Gasteiger charge is -2.31. The van der Waals surface area contributed by atoms with Crippen LogP contribution in [0.1, 0.15) is 25.5 Å². The quantitative estimate of drug-likeness (QED) is 0.757. The lowest BCUT2D eigenvalue weighted by molar-refractivity contribution is 0.204. The van der Waals surface area contributed by atoms with Crippen LogP contribution < -0.4 is 5.32 Å². The molecule has 1 N–H and O–H groups in total. The molecule has 0 unspecified atom stereocenters. The molecule has 0 bridgehead atoms. The number of benzene rings is 1. The topological polar surface area (TPSA) is 41.3 Å². The zero-order chi connectivity index (χ0) is 16.4. The molecular formula is C19H23N3OS. The predicted molar refractivity (Wildman–Crippen MR) is 99.3 cm³/mol. The molecule has 3 aromatic rings. The smallest absolute Gasteiger partial charge is 0.163 e. The number of piperidine rings is 1. The van der Waals surface area contributed by atoms with Crippen molar-refractivity contribution < 1.29 is 4.42 Å². The maximum Gasteiger partial charge on any atom is 0.163 e. The van der Waals surface area contributed by atoms with Crippen LogP contribution in [0.25, 0.3) is 21.0 Å². The van der Waals surface area contributed by atoms with Crippen LogP contribution >= 0.6 is 11.3 Å². The van der Waals surface area contributed by atoms with Gasteiger partial charge in [0, 0.05) is 6.04 Å². The number of para-hydroxylation sites is 1. The highest BCUT2D eigenvalue weighted by atomic mass is 32.1. The lowest BCUT2D eigenvalue weighted by Crippen LogP contribution is -2.42. The number of hydrogen-bond acceptors (Lipinski definition) is 5. The SMILES string of the molecule is CCN1CCC(NCc2ccc(-c3nc4ccccc4s3)o2)CC1. The van der Waals surface area contributed by atoms with Gasteiger partial charge in [-0.2, -0.15) is 0 Å². The van der Waals surface area contributed by atoms with Gasteiger partial charge < -0.3 is 14.6 Å². The fraction of sp³-hybridized carbons (Fsp3) is 0.421. The standard InChI is InChI=1S/C19H23N3OS/c1-2-22-11-9-14(10-12-22)20-13-15-7-8-17(23-15)19-21-16-5-3-4-6-18(16)24-19/h3-8,14,20H,2,9-13H2,1H3. The minimum atomic E-state index is 0.601. The molecule has 0 aliphatic carbocycles. The Labute approximate surface area is 146 Å². The summed E-state index contributed by atoms with van der Waals surface area (Å²) in [6, 6.07) is 12.9. The molecule has 4 nitrogen and oxygen atoms in total. The zero-order valence-electron chi connectivity index (χ0n) is 14.0. The van der Waals surface area contributed by atoms with E-state index in [0.29, 0.717) is 6.04 Å². The molecule has 1 fully saturated rings. The summed E-state index contributed by atoms with van der Waals surface area (Å²) >= 11 is 1.68. The van der Waals surface area contributed by atoms with Crippen LogP contribution in [0.15, 0.2) is 40.8 Å². The Morgan fingerprint density at radius 3 is 2.83 bits per heavy atom. The minimum Gasteiger partial charge on any atom is -0.457 e. The van der Waals surface area contributed by atoms with Crippen molar-refractivity contribution in [3.8, 4) is 10.8 Å². The lowest BCUT2D eigenvalue weighted by atomic mass is 10.1. The minimum absolute atomic E-state index is 0.601. The van der Waals surface area contributed by atoms with E-state index in [9.17, 15) is 0 Å². The summed E-state index contributed by atoms with van der Waals surface area (Å²) in [4.78, 5) is 7.17. The molecule has 0 amide bonds. The Bertz CT molecular complexity index is 769. The second kappa shape index (κ2) is 7.05. The molecule has 5 heteroatoms.